The minimum Gasteiger partial charge on any atom is -0.436 e. The van der Waals surface area contributed by atoms with Crippen molar-refractivity contribution in [3.05, 3.63) is 158 Å². The van der Waals surface area contributed by atoms with Crippen LogP contribution in [0.5, 0.6) is 0 Å². The van der Waals surface area contributed by atoms with Gasteiger partial charge in [0.05, 0.1) is 5.69 Å². The summed E-state index contributed by atoms with van der Waals surface area (Å²) >= 11 is 0. The number of benzene rings is 7. The highest BCUT2D eigenvalue weighted by molar-refractivity contribution is 6.10. The number of rotatable bonds is 5. The zero-order valence-electron chi connectivity index (χ0n) is 22.8. The van der Waals surface area contributed by atoms with Crippen molar-refractivity contribution in [2.24, 2.45) is 0 Å². The van der Waals surface area contributed by atoms with Crippen molar-refractivity contribution in [3.63, 3.8) is 0 Å². The lowest BCUT2D eigenvalue weighted by molar-refractivity contribution is 0.620. The van der Waals surface area contributed by atoms with Gasteiger partial charge in [0.25, 0.3) is 0 Å². The van der Waals surface area contributed by atoms with Gasteiger partial charge in [-0.15, -0.1) is 0 Å². The number of hydrogen-bond donors (Lipinski definition) is 0. The minimum absolute atomic E-state index is 0.632. The first-order valence-corrected chi connectivity index (χ1v) is 14.1. The molecule has 0 aliphatic rings. The molecule has 1 aromatic heterocycles. The summed E-state index contributed by atoms with van der Waals surface area (Å²) in [5.74, 6) is 0.632. The summed E-state index contributed by atoms with van der Waals surface area (Å²) in [6.07, 6.45) is 0. The molecule has 0 aliphatic carbocycles. The SMILES string of the molecule is c1ccc(-c2nc3c(ccc4c(N(c5ccccc5)c5ccc(-c6ccc7ccccc7c6)cc5)cccc43)o2)cc1. The van der Waals surface area contributed by atoms with Crippen LogP contribution < -0.4 is 4.90 Å². The van der Waals surface area contributed by atoms with Crippen LogP contribution >= 0.6 is 0 Å². The van der Waals surface area contributed by atoms with Gasteiger partial charge in [0.1, 0.15) is 5.52 Å². The highest BCUT2D eigenvalue weighted by Crippen LogP contribution is 2.41. The molecule has 0 unspecified atom stereocenters. The second kappa shape index (κ2) is 10.1. The molecule has 3 heteroatoms. The molecule has 0 saturated carbocycles. The fourth-order valence-electron chi connectivity index (χ4n) is 5.81. The standard InChI is InChI=1S/C39H26N2O/c1-3-11-29(12-4-1)39-40-38-35-16-9-17-36(34(35)24-25-37(38)42-39)41(32-14-5-2-6-15-32)33-22-20-28(21-23-33)31-19-18-27-10-7-8-13-30(27)26-31/h1-26H. The van der Waals surface area contributed by atoms with Crippen LogP contribution in [0.4, 0.5) is 17.1 Å². The Labute approximate surface area is 243 Å². The van der Waals surface area contributed by atoms with E-state index in [9.17, 15) is 0 Å². The number of oxazole rings is 1. The molecule has 0 amide bonds. The Bertz CT molecular complexity index is 2180. The molecular formula is C39H26N2O. The van der Waals surface area contributed by atoms with Crippen molar-refractivity contribution in [2.75, 3.05) is 4.90 Å². The van der Waals surface area contributed by atoms with Crippen LogP contribution in [-0.4, -0.2) is 4.98 Å². The number of aromatic nitrogens is 1. The maximum Gasteiger partial charge on any atom is 0.227 e. The molecule has 0 radical (unpaired) electrons. The Kier molecular flexibility index (Phi) is 5.79. The van der Waals surface area contributed by atoms with Gasteiger partial charge in [-0.2, -0.15) is 0 Å². The summed E-state index contributed by atoms with van der Waals surface area (Å²) < 4.78 is 6.19. The quantitative estimate of drug-likeness (QED) is 0.218. The van der Waals surface area contributed by atoms with E-state index < -0.39 is 0 Å². The molecule has 8 rings (SSSR count). The Balaban J connectivity index is 1.25. The van der Waals surface area contributed by atoms with E-state index in [2.05, 4.69) is 126 Å². The summed E-state index contributed by atoms with van der Waals surface area (Å²) in [6.45, 7) is 0. The third-order valence-corrected chi connectivity index (χ3v) is 7.88. The van der Waals surface area contributed by atoms with E-state index in [0.29, 0.717) is 5.89 Å². The van der Waals surface area contributed by atoms with Crippen molar-refractivity contribution in [1.29, 1.82) is 0 Å². The van der Waals surface area contributed by atoms with E-state index in [0.717, 1.165) is 44.5 Å². The van der Waals surface area contributed by atoms with Crippen LogP contribution in [0, 0.1) is 0 Å². The molecule has 0 aliphatic heterocycles. The number of para-hydroxylation sites is 1. The van der Waals surface area contributed by atoms with Crippen LogP contribution in [0.2, 0.25) is 0 Å². The van der Waals surface area contributed by atoms with Crippen LogP contribution in [0.3, 0.4) is 0 Å². The van der Waals surface area contributed by atoms with E-state index in [1.165, 1.54) is 21.9 Å². The lowest BCUT2D eigenvalue weighted by atomic mass is 10.0. The zero-order valence-corrected chi connectivity index (χ0v) is 22.8. The number of anilines is 3. The summed E-state index contributed by atoms with van der Waals surface area (Å²) in [6, 6.07) is 55.1. The normalized spacial score (nSPS) is 11.3. The molecule has 42 heavy (non-hydrogen) atoms. The largest absolute Gasteiger partial charge is 0.436 e. The molecular weight excluding hydrogens is 512 g/mol. The number of hydrogen-bond acceptors (Lipinski definition) is 3. The monoisotopic (exact) mass is 538 g/mol. The topological polar surface area (TPSA) is 29.3 Å². The van der Waals surface area contributed by atoms with Crippen molar-refractivity contribution < 1.29 is 4.42 Å². The molecule has 0 fully saturated rings. The average Bonchev–Trinajstić information content (AvgIpc) is 3.51. The van der Waals surface area contributed by atoms with E-state index in [4.69, 9.17) is 9.40 Å². The van der Waals surface area contributed by atoms with Gasteiger partial charge in [0.15, 0.2) is 5.58 Å². The lowest BCUT2D eigenvalue weighted by Gasteiger charge is -2.27. The van der Waals surface area contributed by atoms with Crippen LogP contribution in [0.1, 0.15) is 0 Å². The van der Waals surface area contributed by atoms with Crippen molar-refractivity contribution in [1.82, 2.24) is 4.98 Å². The van der Waals surface area contributed by atoms with Crippen LogP contribution in [-0.2, 0) is 0 Å². The summed E-state index contributed by atoms with van der Waals surface area (Å²) in [5, 5.41) is 4.67. The number of fused-ring (bicyclic) bond motifs is 4. The van der Waals surface area contributed by atoms with Crippen LogP contribution in [0.25, 0.3) is 55.2 Å². The molecule has 0 atom stereocenters. The van der Waals surface area contributed by atoms with E-state index in [1.807, 2.05) is 36.4 Å². The molecule has 0 saturated heterocycles. The first-order valence-electron chi connectivity index (χ1n) is 14.1. The van der Waals surface area contributed by atoms with Gasteiger partial charge in [-0.3, -0.25) is 0 Å². The Morgan fingerprint density at radius 3 is 1.95 bits per heavy atom. The molecule has 198 valence electrons. The predicted octanol–water partition coefficient (Wildman–Crippen LogP) is 10.9. The first kappa shape index (κ1) is 24.2. The maximum absolute atomic E-state index is 6.19. The first-order chi connectivity index (χ1) is 20.8. The van der Waals surface area contributed by atoms with E-state index in [1.54, 1.807) is 0 Å². The molecule has 0 bridgehead atoms. The van der Waals surface area contributed by atoms with Crippen LogP contribution in [0.15, 0.2) is 162 Å². The van der Waals surface area contributed by atoms with Gasteiger partial charge in [-0.1, -0.05) is 97.1 Å². The highest BCUT2D eigenvalue weighted by atomic mass is 16.3. The molecule has 0 spiro atoms. The second-order valence-electron chi connectivity index (χ2n) is 10.4. The average molecular weight is 539 g/mol. The van der Waals surface area contributed by atoms with Gasteiger partial charge < -0.3 is 9.32 Å². The van der Waals surface area contributed by atoms with Crippen molar-refractivity contribution >= 4 is 49.7 Å². The molecule has 3 nitrogen and oxygen atoms in total. The maximum atomic E-state index is 6.19. The number of nitrogens with zero attached hydrogens (tertiary/aromatic N) is 2. The third-order valence-electron chi connectivity index (χ3n) is 7.88. The molecule has 0 N–H and O–H groups in total. The molecule has 7 aromatic carbocycles. The fraction of sp³-hybridized carbons (Fsp3) is 0. The van der Waals surface area contributed by atoms with Gasteiger partial charge in [0.2, 0.25) is 5.89 Å². The Morgan fingerprint density at radius 1 is 0.452 bits per heavy atom. The summed E-state index contributed by atoms with van der Waals surface area (Å²) in [4.78, 5) is 7.25. The molecule has 8 aromatic rings. The smallest absolute Gasteiger partial charge is 0.227 e. The zero-order chi connectivity index (χ0) is 27.9. The summed E-state index contributed by atoms with van der Waals surface area (Å²) in [5.41, 5.74) is 8.28. The molecule has 1 heterocycles. The Hall–Kier alpha value is -5.67. The highest BCUT2D eigenvalue weighted by Gasteiger charge is 2.18. The minimum atomic E-state index is 0.632. The van der Waals surface area contributed by atoms with E-state index >= 15 is 0 Å². The fourth-order valence-corrected chi connectivity index (χ4v) is 5.81. The second-order valence-corrected chi connectivity index (χ2v) is 10.4. The van der Waals surface area contributed by atoms with Gasteiger partial charge in [-0.25, -0.2) is 4.98 Å². The third kappa shape index (κ3) is 4.20. The van der Waals surface area contributed by atoms with Gasteiger partial charge in [0, 0.05) is 27.7 Å². The van der Waals surface area contributed by atoms with Crippen molar-refractivity contribution in [3.8, 4) is 22.6 Å². The summed E-state index contributed by atoms with van der Waals surface area (Å²) in [7, 11) is 0. The Morgan fingerprint density at radius 2 is 1.14 bits per heavy atom. The van der Waals surface area contributed by atoms with Crippen molar-refractivity contribution in [2.45, 2.75) is 0 Å². The van der Waals surface area contributed by atoms with E-state index in [-0.39, 0.29) is 0 Å². The van der Waals surface area contributed by atoms with Gasteiger partial charge >= 0.3 is 0 Å². The van der Waals surface area contributed by atoms with Gasteiger partial charge in [-0.05, 0) is 82.6 Å². The predicted molar refractivity (Wildman–Crippen MR) is 175 cm³/mol. The lowest BCUT2D eigenvalue weighted by Crippen LogP contribution is -2.10.